The summed E-state index contributed by atoms with van der Waals surface area (Å²) in [4.78, 5) is 18.6. The van der Waals surface area contributed by atoms with Gasteiger partial charge in [0.15, 0.2) is 0 Å². The van der Waals surface area contributed by atoms with Crippen molar-refractivity contribution in [1.29, 1.82) is 0 Å². The number of aromatic nitrogens is 3. The Morgan fingerprint density at radius 2 is 2.12 bits per heavy atom. The van der Waals surface area contributed by atoms with Gasteiger partial charge in [-0.1, -0.05) is 12.1 Å². The first-order valence-corrected chi connectivity index (χ1v) is 8.81. The van der Waals surface area contributed by atoms with Gasteiger partial charge in [-0.05, 0) is 42.9 Å². The number of nitrogens with one attached hydrogen (secondary N) is 1. The highest BCUT2D eigenvalue weighted by atomic mass is 16.5. The number of rotatable bonds is 3. The van der Waals surface area contributed by atoms with Crippen LogP contribution in [0.4, 0.5) is 4.79 Å². The van der Waals surface area contributed by atoms with Gasteiger partial charge in [0.05, 0.1) is 19.2 Å². The van der Waals surface area contributed by atoms with Gasteiger partial charge in [0.2, 0.25) is 0 Å². The molecule has 0 saturated carbocycles. The number of hydrogen-bond acceptors (Lipinski definition) is 4. The number of nitrogens with zero attached hydrogens (tertiary/aromatic N) is 4. The van der Waals surface area contributed by atoms with Crippen molar-refractivity contribution in [3.63, 3.8) is 0 Å². The number of ether oxygens (including phenoxy) is 1. The highest BCUT2D eigenvalue weighted by Crippen LogP contribution is 2.37. The van der Waals surface area contributed by atoms with E-state index in [9.17, 15) is 4.79 Å². The fraction of sp³-hybridized carbons (Fsp3) is 0.500. The van der Waals surface area contributed by atoms with Crippen molar-refractivity contribution < 1.29 is 9.53 Å². The molecule has 2 amide bonds. The van der Waals surface area contributed by atoms with E-state index in [-0.39, 0.29) is 12.1 Å². The van der Waals surface area contributed by atoms with Crippen molar-refractivity contribution in [3.05, 3.63) is 42.0 Å². The summed E-state index contributed by atoms with van der Waals surface area (Å²) in [5.41, 5.74) is 2.41. The number of carbonyl (C=O) groups is 1. The lowest BCUT2D eigenvalue weighted by molar-refractivity contribution is 0.165. The summed E-state index contributed by atoms with van der Waals surface area (Å²) < 4.78 is 7.33. The Morgan fingerprint density at radius 3 is 2.84 bits per heavy atom. The largest absolute Gasteiger partial charge is 0.496 e. The number of carbonyl (C=O) groups excluding carboxylic acids is 1. The molecule has 2 aliphatic rings. The summed E-state index contributed by atoms with van der Waals surface area (Å²) in [7, 11) is 1.70. The van der Waals surface area contributed by atoms with Gasteiger partial charge in [0.25, 0.3) is 0 Å². The van der Waals surface area contributed by atoms with Crippen molar-refractivity contribution in [2.45, 2.75) is 37.8 Å². The summed E-state index contributed by atoms with van der Waals surface area (Å²) in [6, 6.07) is 6.50. The highest BCUT2D eigenvalue weighted by Gasteiger charge is 2.29. The van der Waals surface area contributed by atoms with Gasteiger partial charge in [0.1, 0.15) is 18.4 Å². The first-order valence-electron chi connectivity index (χ1n) is 8.81. The van der Waals surface area contributed by atoms with Crippen molar-refractivity contribution in [2.24, 2.45) is 0 Å². The first kappa shape index (κ1) is 15.9. The quantitative estimate of drug-likeness (QED) is 0.930. The van der Waals surface area contributed by atoms with Crippen LogP contribution in [0.3, 0.4) is 0 Å². The molecule has 1 saturated heterocycles. The second-order valence-corrected chi connectivity index (χ2v) is 6.66. The van der Waals surface area contributed by atoms with Crippen LogP contribution in [0.5, 0.6) is 5.75 Å². The molecule has 0 spiro atoms. The van der Waals surface area contributed by atoms with Crippen molar-refractivity contribution in [2.75, 3.05) is 20.2 Å². The number of amides is 2. The SMILES string of the molecule is COc1cccc2c1CCC2NC(=O)N1CCC(n2cncn2)CC1. The normalized spacial score (nSPS) is 20.4. The molecule has 25 heavy (non-hydrogen) atoms. The molecule has 0 bridgehead atoms. The fourth-order valence-electron chi connectivity index (χ4n) is 3.94. The number of fused-ring (bicyclic) bond motifs is 1. The molecule has 4 rings (SSSR count). The van der Waals surface area contributed by atoms with Gasteiger partial charge in [0, 0.05) is 13.1 Å². The Kier molecular flexibility index (Phi) is 4.29. The number of methoxy groups -OCH3 is 1. The molecule has 1 unspecified atom stereocenters. The molecular weight excluding hydrogens is 318 g/mol. The molecule has 1 fully saturated rings. The lowest BCUT2D eigenvalue weighted by Gasteiger charge is -2.32. The van der Waals surface area contributed by atoms with Crippen LogP contribution in [-0.2, 0) is 6.42 Å². The van der Waals surface area contributed by atoms with E-state index in [1.54, 1.807) is 19.8 Å². The van der Waals surface area contributed by atoms with Crippen LogP contribution in [0.2, 0.25) is 0 Å². The first-order chi connectivity index (χ1) is 12.3. The molecule has 1 aliphatic heterocycles. The van der Waals surface area contributed by atoms with Crippen molar-refractivity contribution in [3.8, 4) is 5.75 Å². The molecule has 7 heteroatoms. The maximum atomic E-state index is 12.7. The van der Waals surface area contributed by atoms with Crippen LogP contribution in [0.25, 0.3) is 0 Å². The Morgan fingerprint density at radius 1 is 1.28 bits per heavy atom. The predicted octanol–water partition coefficient (Wildman–Crippen LogP) is 2.32. The van der Waals surface area contributed by atoms with Gasteiger partial charge in [-0.2, -0.15) is 5.10 Å². The van der Waals surface area contributed by atoms with Gasteiger partial charge >= 0.3 is 6.03 Å². The molecule has 1 atom stereocenters. The van der Waals surface area contributed by atoms with E-state index >= 15 is 0 Å². The van der Waals surface area contributed by atoms with Crippen LogP contribution < -0.4 is 10.1 Å². The minimum absolute atomic E-state index is 0.0257. The highest BCUT2D eigenvalue weighted by molar-refractivity contribution is 5.75. The zero-order valence-corrected chi connectivity index (χ0v) is 14.4. The Bertz CT molecular complexity index is 738. The molecule has 0 radical (unpaired) electrons. The third-order valence-corrected chi connectivity index (χ3v) is 5.31. The number of likely N-dealkylation sites (tertiary alicyclic amines) is 1. The Labute approximate surface area is 147 Å². The number of hydrogen-bond donors (Lipinski definition) is 1. The molecule has 132 valence electrons. The van der Waals surface area contributed by atoms with Gasteiger partial charge in [-0.15, -0.1) is 0 Å². The smallest absolute Gasteiger partial charge is 0.317 e. The topological polar surface area (TPSA) is 72.3 Å². The lowest BCUT2D eigenvalue weighted by atomic mass is 10.1. The predicted molar refractivity (Wildman–Crippen MR) is 92.5 cm³/mol. The van der Waals surface area contributed by atoms with E-state index in [2.05, 4.69) is 21.5 Å². The van der Waals surface area contributed by atoms with Crippen molar-refractivity contribution >= 4 is 6.03 Å². The summed E-state index contributed by atoms with van der Waals surface area (Å²) in [5.74, 6) is 0.919. The van der Waals surface area contributed by atoms with Crippen LogP contribution in [-0.4, -0.2) is 45.9 Å². The van der Waals surface area contributed by atoms with E-state index in [0.717, 1.165) is 44.5 Å². The van der Waals surface area contributed by atoms with Gasteiger partial charge in [-0.25, -0.2) is 14.5 Å². The Balaban J connectivity index is 1.37. The Hall–Kier alpha value is -2.57. The molecule has 2 aromatic rings. The number of urea groups is 1. The molecular formula is C18H23N5O2. The number of piperidine rings is 1. The minimum atomic E-state index is 0.0257. The van der Waals surface area contributed by atoms with E-state index < -0.39 is 0 Å². The third kappa shape index (κ3) is 3.06. The number of benzene rings is 1. The zero-order valence-electron chi connectivity index (χ0n) is 14.4. The minimum Gasteiger partial charge on any atom is -0.496 e. The van der Waals surface area contributed by atoms with Crippen LogP contribution in [0, 0.1) is 0 Å². The second-order valence-electron chi connectivity index (χ2n) is 6.66. The van der Waals surface area contributed by atoms with E-state index in [0.29, 0.717) is 6.04 Å². The molecule has 1 aromatic heterocycles. The monoisotopic (exact) mass is 341 g/mol. The molecule has 1 aliphatic carbocycles. The van der Waals surface area contributed by atoms with Crippen LogP contribution >= 0.6 is 0 Å². The zero-order chi connectivity index (χ0) is 17.2. The standard InChI is InChI=1S/C18H23N5O2/c1-25-17-4-2-3-14-15(17)5-6-16(14)21-18(24)22-9-7-13(8-10-22)23-12-19-11-20-23/h2-4,11-13,16H,5-10H2,1H3,(H,21,24). The summed E-state index contributed by atoms with van der Waals surface area (Å²) in [5, 5.41) is 7.41. The summed E-state index contributed by atoms with van der Waals surface area (Å²) >= 11 is 0. The second kappa shape index (κ2) is 6.74. The van der Waals surface area contributed by atoms with Crippen molar-refractivity contribution in [1.82, 2.24) is 25.0 Å². The average molecular weight is 341 g/mol. The lowest BCUT2D eigenvalue weighted by Crippen LogP contribution is -2.45. The maximum absolute atomic E-state index is 12.7. The van der Waals surface area contributed by atoms with Crippen LogP contribution in [0.1, 0.15) is 42.5 Å². The van der Waals surface area contributed by atoms with Gasteiger partial charge in [-0.3, -0.25) is 0 Å². The maximum Gasteiger partial charge on any atom is 0.317 e. The molecule has 7 nitrogen and oxygen atoms in total. The summed E-state index contributed by atoms with van der Waals surface area (Å²) in [6.07, 6.45) is 7.00. The fourth-order valence-corrected chi connectivity index (χ4v) is 3.94. The molecule has 1 N–H and O–H groups in total. The van der Waals surface area contributed by atoms with Gasteiger partial charge < -0.3 is 15.0 Å². The van der Waals surface area contributed by atoms with Crippen LogP contribution in [0.15, 0.2) is 30.9 Å². The van der Waals surface area contributed by atoms with E-state index in [1.165, 1.54) is 11.1 Å². The van der Waals surface area contributed by atoms with E-state index in [4.69, 9.17) is 4.74 Å². The summed E-state index contributed by atoms with van der Waals surface area (Å²) in [6.45, 7) is 1.49. The molecule has 2 heterocycles. The van der Waals surface area contributed by atoms with E-state index in [1.807, 2.05) is 21.7 Å². The average Bonchev–Trinajstić information content (AvgIpc) is 3.32. The molecule has 1 aromatic carbocycles. The third-order valence-electron chi connectivity index (χ3n) is 5.31.